The highest BCUT2D eigenvalue weighted by Crippen LogP contribution is 2.41. The van der Waals surface area contributed by atoms with E-state index in [2.05, 4.69) is 0 Å². The Morgan fingerprint density at radius 2 is 2.13 bits per heavy atom. The fraction of sp³-hybridized carbons (Fsp3) is 0.900. The van der Waals surface area contributed by atoms with Crippen LogP contribution in [0.15, 0.2) is 0 Å². The number of aldehydes is 1. The van der Waals surface area contributed by atoms with Gasteiger partial charge in [0.2, 0.25) is 0 Å². The molecule has 2 saturated heterocycles. The van der Waals surface area contributed by atoms with Crippen molar-refractivity contribution in [3.05, 3.63) is 0 Å². The van der Waals surface area contributed by atoms with E-state index in [1.165, 1.54) is 0 Å². The first-order chi connectivity index (χ1) is 7.07. The van der Waals surface area contributed by atoms with Gasteiger partial charge in [-0.1, -0.05) is 0 Å². The van der Waals surface area contributed by atoms with E-state index in [1.807, 2.05) is 0 Å². The van der Waals surface area contributed by atoms with Gasteiger partial charge in [0.15, 0.2) is 12.1 Å². The molecule has 0 aromatic carbocycles. The van der Waals surface area contributed by atoms with Crippen LogP contribution >= 0.6 is 0 Å². The van der Waals surface area contributed by atoms with Crippen molar-refractivity contribution in [2.75, 3.05) is 6.67 Å². The average Bonchev–Trinajstić information content (AvgIpc) is 2.56. The van der Waals surface area contributed by atoms with Crippen LogP contribution in [0.1, 0.15) is 20.3 Å². The van der Waals surface area contributed by atoms with E-state index in [0.717, 1.165) is 6.29 Å². The highest BCUT2D eigenvalue weighted by Gasteiger charge is 2.54. The smallest absolute Gasteiger partial charge is 0.187 e. The molecule has 0 unspecified atom stereocenters. The Bertz CT molecular complexity index is 256. The number of ether oxygens (including phenoxy) is 3. The minimum atomic E-state index is -0.727. The second-order valence-electron chi connectivity index (χ2n) is 4.36. The molecule has 0 spiro atoms. The minimum absolute atomic E-state index is 0.189. The lowest BCUT2D eigenvalue weighted by molar-refractivity contribution is -0.210. The highest BCUT2D eigenvalue weighted by atomic mass is 19.1. The van der Waals surface area contributed by atoms with Crippen molar-refractivity contribution in [3.63, 3.8) is 0 Å². The van der Waals surface area contributed by atoms with Gasteiger partial charge in [-0.2, -0.15) is 0 Å². The zero-order valence-electron chi connectivity index (χ0n) is 8.81. The predicted molar refractivity (Wildman–Crippen MR) is 48.8 cm³/mol. The van der Waals surface area contributed by atoms with Crippen molar-refractivity contribution in [2.45, 2.75) is 44.6 Å². The monoisotopic (exact) mass is 218 g/mol. The van der Waals surface area contributed by atoms with Crippen molar-refractivity contribution in [1.29, 1.82) is 0 Å². The van der Waals surface area contributed by atoms with Crippen molar-refractivity contribution < 1.29 is 23.4 Å². The summed E-state index contributed by atoms with van der Waals surface area (Å²) in [7, 11) is 0. The summed E-state index contributed by atoms with van der Waals surface area (Å²) in [6, 6.07) is 0. The van der Waals surface area contributed by atoms with Gasteiger partial charge in [0.05, 0.1) is 12.8 Å². The topological polar surface area (TPSA) is 44.8 Å². The fourth-order valence-electron chi connectivity index (χ4n) is 2.15. The molecule has 0 N–H and O–H groups in total. The van der Waals surface area contributed by atoms with E-state index in [1.54, 1.807) is 13.8 Å². The minimum Gasteiger partial charge on any atom is -0.346 e. The summed E-state index contributed by atoms with van der Waals surface area (Å²) in [6.07, 6.45) is -0.423. The van der Waals surface area contributed by atoms with E-state index in [4.69, 9.17) is 14.2 Å². The van der Waals surface area contributed by atoms with Gasteiger partial charge in [-0.15, -0.1) is 0 Å². The van der Waals surface area contributed by atoms with Crippen LogP contribution in [0.2, 0.25) is 0 Å². The molecular formula is C10H15FO4. The Morgan fingerprint density at radius 3 is 2.73 bits per heavy atom. The molecule has 0 aromatic rings. The van der Waals surface area contributed by atoms with Crippen molar-refractivity contribution in [3.8, 4) is 0 Å². The summed E-state index contributed by atoms with van der Waals surface area (Å²) >= 11 is 0. The molecule has 2 aliphatic heterocycles. The standard InChI is InChI=1S/C10H15FO4/c1-10(2)14-8-6(5-11)7(3-4-12)13-9(8)15-10/h4,6-9H,3,5H2,1-2H3/t6-,7-,8-,9-/m1/s1. The third-order valence-corrected chi connectivity index (χ3v) is 2.80. The van der Waals surface area contributed by atoms with Crippen molar-refractivity contribution >= 4 is 6.29 Å². The lowest BCUT2D eigenvalue weighted by Crippen LogP contribution is -2.31. The van der Waals surface area contributed by atoms with Gasteiger partial charge in [-0.25, -0.2) is 0 Å². The molecular weight excluding hydrogens is 203 g/mol. The van der Waals surface area contributed by atoms with Crippen LogP contribution < -0.4 is 0 Å². The third-order valence-electron chi connectivity index (χ3n) is 2.80. The molecule has 2 heterocycles. The maximum Gasteiger partial charge on any atom is 0.187 e. The SMILES string of the molecule is CC1(C)O[C@H]2O[C@H](CC=O)[C@@H](CF)[C@H]2O1. The zero-order valence-corrected chi connectivity index (χ0v) is 8.81. The zero-order chi connectivity index (χ0) is 11.1. The molecule has 15 heavy (non-hydrogen) atoms. The number of fused-ring (bicyclic) bond motifs is 1. The number of carbonyl (C=O) groups is 1. The first-order valence-electron chi connectivity index (χ1n) is 5.08. The maximum absolute atomic E-state index is 12.8. The van der Waals surface area contributed by atoms with Crippen LogP contribution in [0.5, 0.6) is 0 Å². The number of halogens is 1. The van der Waals surface area contributed by atoms with Gasteiger partial charge in [0.25, 0.3) is 0 Å². The lowest BCUT2D eigenvalue weighted by atomic mass is 9.98. The average molecular weight is 218 g/mol. The Labute approximate surface area is 87.7 Å². The Morgan fingerprint density at radius 1 is 1.40 bits per heavy atom. The molecule has 0 aliphatic carbocycles. The second-order valence-corrected chi connectivity index (χ2v) is 4.36. The molecule has 4 nitrogen and oxygen atoms in total. The summed E-state index contributed by atoms with van der Waals surface area (Å²) < 4.78 is 29.3. The number of hydrogen-bond donors (Lipinski definition) is 0. The maximum atomic E-state index is 12.8. The largest absolute Gasteiger partial charge is 0.346 e. The summed E-state index contributed by atoms with van der Waals surface area (Å²) in [5, 5.41) is 0. The molecule has 4 atom stereocenters. The molecule has 86 valence electrons. The van der Waals surface area contributed by atoms with Gasteiger partial charge in [0.1, 0.15) is 12.4 Å². The molecule has 5 heteroatoms. The van der Waals surface area contributed by atoms with E-state index in [0.29, 0.717) is 0 Å². The third kappa shape index (κ3) is 1.91. The summed E-state index contributed by atoms with van der Waals surface area (Å²) in [4.78, 5) is 10.4. The summed E-state index contributed by atoms with van der Waals surface area (Å²) in [5.41, 5.74) is 0. The van der Waals surface area contributed by atoms with Gasteiger partial charge in [0, 0.05) is 12.3 Å². The molecule has 2 aliphatic rings. The normalized spacial score (nSPS) is 42.9. The number of carbonyl (C=O) groups excluding carboxylic acids is 1. The van der Waals surface area contributed by atoms with Crippen LogP contribution in [0.25, 0.3) is 0 Å². The van der Waals surface area contributed by atoms with Crippen LogP contribution in [0, 0.1) is 5.92 Å². The molecule has 0 radical (unpaired) electrons. The van der Waals surface area contributed by atoms with Gasteiger partial charge >= 0.3 is 0 Å². The quantitative estimate of drug-likeness (QED) is 0.664. The molecule has 0 aromatic heterocycles. The van der Waals surface area contributed by atoms with E-state index >= 15 is 0 Å². The first-order valence-corrected chi connectivity index (χ1v) is 5.08. The first kappa shape index (κ1) is 11.0. The van der Waals surface area contributed by atoms with E-state index in [9.17, 15) is 9.18 Å². The van der Waals surface area contributed by atoms with E-state index in [-0.39, 0.29) is 6.42 Å². The summed E-state index contributed by atoms with van der Waals surface area (Å²) in [6.45, 7) is 2.97. The molecule has 0 amide bonds. The number of hydrogen-bond acceptors (Lipinski definition) is 4. The second kappa shape index (κ2) is 3.81. The number of alkyl halides is 1. The molecule has 0 saturated carbocycles. The summed E-state index contributed by atoms with van der Waals surface area (Å²) in [5.74, 6) is -1.13. The van der Waals surface area contributed by atoms with Crippen LogP contribution in [-0.4, -0.2) is 37.2 Å². The highest BCUT2D eigenvalue weighted by molar-refractivity contribution is 5.50. The van der Waals surface area contributed by atoms with Crippen molar-refractivity contribution in [2.24, 2.45) is 5.92 Å². The van der Waals surface area contributed by atoms with Crippen LogP contribution in [0.4, 0.5) is 4.39 Å². The van der Waals surface area contributed by atoms with Crippen LogP contribution in [0.3, 0.4) is 0 Å². The van der Waals surface area contributed by atoms with Gasteiger partial charge < -0.3 is 19.0 Å². The van der Waals surface area contributed by atoms with Gasteiger partial charge in [-0.05, 0) is 13.8 Å². The lowest BCUT2D eigenvalue weighted by Gasteiger charge is -2.23. The fourth-order valence-corrected chi connectivity index (χ4v) is 2.15. The van der Waals surface area contributed by atoms with Crippen LogP contribution in [-0.2, 0) is 19.0 Å². The Hall–Kier alpha value is -0.520. The Balaban J connectivity index is 2.07. The molecule has 2 rings (SSSR count). The predicted octanol–water partition coefficient (Wildman–Crippen LogP) is 1.04. The Kier molecular flexibility index (Phi) is 2.79. The van der Waals surface area contributed by atoms with Crippen molar-refractivity contribution in [1.82, 2.24) is 0 Å². The van der Waals surface area contributed by atoms with Gasteiger partial charge in [-0.3, -0.25) is 4.39 Å². The molecule has 2 fully saturated rings. The number of rotatable bonds is 3. The van der Waals surface area contributed by atoms with E-state index < -0.39 is 36.9 Å². The molecule has 0 bridgehead atoms.